The predicted octanol–water partition coefficient (Wildman–Crippen LogP) is 5.25. The molecule has 1 aliphatic heterocycles. The van der Waals surface area contributed by atoms with Gasteiger partial charge in [0.25, 0.3) is 5.69 Å². The van der Waals surface area contributed by atoms with Crippen molar-refractivity contribution < 1.29 is 9.72 Å². The summed E-state index contributed by atoms with van der Waals surface area (Å²) in [6, 6.07) is 20.9. The zero-order valence-electron chi connectivity index (χ0n) is 20.7. The zero-order valence-corrected chi connectivity index (χ0v) is 21.5. The maximum Gasteiger partial charge on any atom is 0.321 e. The van der Waals surface area contributed by atoms with E-state index in [1.165, 1.54) is 6.07 Å². The Kier molecular flexibility index (Phi) is 6.41. The number of nitro groups is 1. The number of hydrogen-bond acceptors (Lipinski definition) is 7. The molecule has 0 saturated carbocycles. The molecule has 0 radical (unpaired) electrons. The Morgan fingerprint density at radius 2 is 1.74 bits per heavy atom. The largest absolute Gasteiger partial charge is 0.340 e. The fraction of sp³-hybridized carbons (Fsp3) is 0.185. The van der Waals surface area contributed by atoms with Crippen molar-refractivity contribution in [1.82, 2.24) is 24.5 Å². The number of amides is 2. The number of urea groups is 1. The lowest BCUT2D eigenvalue weighted by Crippen LogP contribution is -2.38. The second-order valence-electron chi connectivity index (χ2n) is 9.15. The van der Waals surface area contributed by atoms with Gasteiger partial charge in [-0.15, -0.1) is 10.2 Å². The van der Waals surface area contributed by atoms with Gasteiger partial charge in [0.15, 0.2) is 11.5 Å². The molecule has 12 heteroatoms. The molecule has 1 aliphatic rings. The number of carbonyl (C=O) groups excluding carboxylic acids is 1. The Balaban J connectivity index is 1.41. The van der Waals surface area contributed by atoms with Gasteiger partial charge in [0.2, 0.25) is 5.95 Å². The van der Waals surface area contributed by atoms with E-state index < -0.39 is 4.92 Å². The molecule has 0 spiro atoms. The summed E-state index contributed by atoms with van der Waals surface area (Å²) in [7, 11) is 0. The molecule has 2 aromatic heterocycles. The van der Waals surface area contributed by atoms with E-state index in [1.54, 1.807) is 39.6 Å². The van der Waals surface area contributed by atoms with Crippen LogP contribution in [0.2, 0.25) is 5.02 Å². The van der Waals surface area contributed by atoms with E-state index in [4.69, 9.17) is 16.6 Å². The standard InChI is InChI=1S/C27H23ClN8O3/c28-18-11-12-20-22(17-18)30-26(35-24(20)31-32-25(35)21-9-4-5-10-23(21)36(38)39)33-13-6-14-34(16-15-33)27(37)29-19-7-2-1-3-8-19/h1-5,7-12,17H,6,13-16H2,(H,29,37). The number of nitrogens with zero attached hydrogens (tertiary/aromatic N) is 7. The van der Waals surface area contributed by atoms with Crippen LogP contribution in [0, 0.1) is 10.1 Å². The van der Waals surface area contributed by atoms with Crippen LogP contribution < -0.4 is 10.2 Å². The average molecular weight is 543 g/mol. The third-order valence-electron chi connectivity index (χ3n) is 6.72. The Morgan fingerprint density at radius 1 is 0.949 bits per heavy atom. The van der Waals surface area contributed by atoms with Gasteiger partial charge in [-0.05, 0) is 42.8 Å². The number of halogens is 1. The second kappa shape index (κ2) is 10.2. The van der Waals surface area contributed by atoms with Gasteiger partial charge in [0, 0.05) is 48.3 Å². The molecular formula is C27H23ClN8O3. The number of anilines is 2. The smallest absolute Gasteiger partial charge is 0.321 e. The summed E-state index contributed by atoms with van der Waals surface area (Å²) in [6.45, 7) is 2.12. The predicted molar refractivity (Wildman–Crippen MR) is 149 cm³/mol. The number of nitro benzene ring substituents is 1. The first kappa shape index (κ1) is 24.6. The number of hydrogen-bond donors (Lipinski definition) is 1. The molecule has 0 bridgehead atoms. The van der Waals surface area contributed by atoms with Gasteiger partial charge in [-0.3, -0.25) is 10.1 Å². The lowest BCUT2D eigenvalue weighted by atomic mass is 10.1. The third kappa shape index (κ3) is 4.68. The molecular weight excluding hydrogens is 520 g/mol. The van der Waals surface area contributed by atoms with E-state index in [1.807, 2.05) is 36.4 Å². The van der Waals surface area contributed by atoms with Gasteiger partial charge in [0.1, 0.15) is 0 Å². The summed E-state index contributed by atoms with van der Waals surface area (Å²) in [5, 5.41) is 24.8. The molecule has 5 aromatic rings. The van der Waals surface area contributed by atoms with Crippen LogP contribution in [0.25, 0.3) is 27.9 Å². The molecule has 39 heavy (non-hydrogen) atoms. The highest BCUT2D eigenvalue weighted by atomic mass is 35.5. The number of benzene rings is 3. The van der Waals surface area contributed by atoms with Crippen LogP contribution in [-0.2, 0) is 0 Å². The molecule has 0 aliphatic carbocycles. The first-order chi connectivity index (χ1) is 19.0. The van der Waals surface area contributed by atoms with Gasteiger partial charge in [0.05, 0.1) is 16.0 Å². The first-order valence-corrected chi connectivity index (χ1v) is 12.8. The molecule has 1 N–H and O–H groups in total. The molecule has 3 heterocycles. The van der Waals surface area contributed by atoms with Crippen LogP contribution in [0.4, 0.5) is 22.1 Å². The molecule has 11 nitrogen and oxygen atoms in total. The summed E-state index contributed by atoms with van der Waals surface area (Å²) >= 11 is 6.29. The lowest BCUT2D eigenvalue weighted by molar-refractivity contribution is -0.384. The average Bonchev–Trinajstić information content (AvgIpc) is 3.23. The van der Waals surface area contributed by atoms with E-state index in [-0.39, 0.29) is 11.7 Å². The highest BCUT2D eigenvalue weighted by molar-refractivity contribution is 6.31. The molecule has 1 fully saturated rings. The van der Waals surface area contributed by atoms with E-state index >= 15 is 0 Å². The summed E-state index contributed by atoms with van der Waals surface area (Å²) in [4.78, 5) is 33.1. The Hall–Kier alpha value is -4.77. The van der Waals surface area contributed by atoms with E-state index in [0.29, 0.717) is 66.1 Å². The van der Waals surface area contributed by atoms with Crippen molar-refractivity contribution in [3.8, 4) is 11.4 Å². The van der Waals surface area contributed by atoms with Crippen molar-refractivity contribution in [1.29, 1.82) is 0 Å². The van der Waals surface area contributed by atoms with E-state index in [0.717, 1.165) is 11.1 Å². The van der Waals surface area contributed by atoms with Crippen molar-refractivity contribution in [2.24, 2.45) is 0 Å². The van der Waals surface area contributed by atoms with Crippen molar-refractivity contribution in [2.45, 2.75) is 6.42 Å². The number of rotatable bonds is 4. The first-order valence-electron chi connectivity index (χ1n) is 12.4. The molecule has 0 atom stereocenters. The Labute approximate surface area is 227 Å². The number of fused-ring (bicyclic) bond motifs is 3. The van der Waals surface area contributed by atoms with E-state index in [2.05, 4.69) is 20.4 Å². The van der Waals surface area contributed by atoms with Gasteiger partial charge < -0.3 is 15.1 Å². The minimum absolute atomic E-state index is 0.0754. The number of carbonyl (C=O) groups is 1. The van der Waals surface area contributed by atoms with Crippen LogP contribution in [0.15, 0.2) is 72.8 Å². The quantitative estimate of drug-likeness (QED) is 0.243. The molecule has 0 unspecified atom stereocenters. The third-order valence-corrected chi connectivity index (χ3v) is 6.95. The number of nitrogens with one attached hydrogen (secondary N) is 1. The van der Waals surface area contributed by atoms with Crippen molar-refractivity contribution in [3.63, 3.8) is 0 Å². The monoisotopic (exact) mass is 542 g/mol. The number of aromatic nitrogens is 4. The topological polar surface area (TPSA) is 122 Å². The van der Waals surface area contributed by atoms with Gasteiger partial charge >= 0.3 is 6.03 Å². The van der Waals surface area contributed by atoms with Crippen molar-refractivity contribution >= 4 is 51.5 Å². The maximum absolute atomic E-state index is 13.0. The van der Waals surface area contributed by atoms with Crippen molar-refractivity contribution in [3.05, 3.63) is 87.9 Å². The fourth-order valence-electron chi connectivity index (χ4n) is 4.85. The lowest BCUT2D eigenvalue weighted by Gasteiger charge is -2.24. The molecule has 2 amide bonds. The zero-order chi connectivity index (χ0) is 26.9. The minimum atomic E-state index is -0.431. The summed E-state index contributed by atoms with van der Waals surface area (Å²) in [5.74, 6) is 0.850. The molecule has 196 valence electrons. The van der Waals surface area contributed by atoms with Crippen LogP contribution >= 0.6 is 11.6 Å². The highest BCUT2D eigenvalue weighted by Gasteiger charge is 2.27. The number of para-hydroxylation sites is 2. The Bertz CT molecular complexity index is 1710. The highest BCUT2D eigenvalue weighted by Crippen LogP contribution is 2.33. The maximum atomic E-state index is 13.0. The van der Waals surface area contributed by atoms with Crippen LogP contribution in [-0.4, -0.2) is 61.6 Å². The molecule has 3 aromatic carbocycles. The van der Waals surface area contributed by atoms with Gasteiger partial charge in [-0.1, -0.05) is 41.9 Å². The normalized spacial score (nSPS) is 14.0. The minimum Gasteiger partial charge on any atom is -0.340 e. The van der Waals surface area contributed by atoms with Crippen molar-refractivity contribution in [2.75, 3.05) is 36.4 Å². The van der Waals surface area contributed by atoms with Gasteiger partial charge in [-0.2, -0.15) is 0 Å². The summed E-state index contributed by atoms with van der Waals surface area (Å²) < 4.78 is 1.76. The van der Waals surface area contributed by atoms with E-state index in [9.17, 15) is 14.9 Å². The SMILES string of the molecule is O=C(Nc1ccccc1)N1CCCN(c2nc3cc(Cl)ccc3c3nnc(-c4ccccc4[N+](=O)[O-])n23)CC1. The fourth-order valence-corrected chi connectivity index (χ4v) is 5.01. The van der Waals surface area contributed by atoms with Gasteiger partial charge in [-0.25, -0.2) is 14.2 Å². The van der Waals surface area contributed by atoms with Crippen LogP contribution in [0.1, 0.15) is 6.42 Å². The molecule has 1 saturated heterocycles. The van der Waals surface area contributed by atoms with Crippen LogP contribution in [0.3, 0.4) is 0 Å². The molecule has 6 rings (SSSR count). The second-order valence-corrected chi connectivity index (χ2v) is 9.59. The van der Waals surface area contributed by atoms with Crippen LogP contribution in [0.5, 0.6) is 0 Å². The Morgan fingerprint density at radius 3 is 2.56 bits per heavy atom. The summed E-state index contributed by atoms with van der Waals surface area (Å²) in [6.07, 6.45) is 0.696. The summed E-state index contributed by atoms with van der Waals surface area (Å²) in [5.41, 5.74) is 2.15.